The molecule has 0 spiro atoms. The van der Waals surface area contributed by atoms with E-state index in [0.717, 1.165) is 17.5 Å². The first kappa shape index (κ1) is 9.73. The van der Waals surface area contributed by atoms with Crippen molar-refractivity contribution in [3.8, 4) is 6.07 Å². The Labute approximate surface area is 90.4 Å². The minimum atomic E-state index is 0.773. The number of allylic oxidation sites excluding steroid dienone is 4. The first-order valence-corrected chi connectivity index (χ1v) is 5.09. The van der Waals surface area contributed by atoms with Crippen molar-refractivity contribution in [2.45, 2.75) is 20.3 Å². The molecule has 0 unspecified atom stereocenters. The molecule has 0 fully saturated rings. The summed E-state index contributed by atoms with van der Waals surface area (Å²) in [5, 5.41) is 9.04. The van der Waals surface area contributed by atoms with Gasteiger partial charge >= 0.3 is 0 Å². The van der Waals surface area contributed by atoms with Crippen LogP contribution in [0.3, 0.4) is 0 Å². The van der Waals surface area contributed by atoms with Gasteiger partial charge < -0.3 is 0 Å². The number of hydrogen-bond donors (Lipinski definition) is 0. The molecule has 0 aliphatic heterocycles. The molecule has 1 heteroatoms. The normalized spacial score (nSPS) is 15.1. The fourth-order valence-corrected chi connectivity index (χ4v) is 2.08. The zero-order valence-electron chi connectivity index (χ0n) is 9.04. The molecule has 0 radical (unpaired) electrons. The standard InChI is InChI=1S/C14H13N/c1-10-7-11(2)14(8-10)13-6-4-3-5-12(13)9-15/h3-7H,8H2,1-2H3. The fraction of sp³-hybridized carbons (Fsp3) is 0.214. The van der Waals surface area contributed by atoms with Crippen LogP contribution in [-0.4, -0.2) is 0 Å². The van der Waals surface area contributed by atoms with Crippen LogP contribution in [0.25, 0.3) is 5.57 Å². The van der Waals surface area contributed by atoms with Gasteiger partial charge in [-0.1, -0.05) is 29.8 Å². The SMILES string of the molecule is CC1=CC(C)=C(c2ccccc2C#N)C1. The highest BCUT2D eigenvalue weighted by atomic mass is 14.3. The number of benzene rings is 1. The summed E-state index contributed by atoms with van der Waals surface area (Å²) in [6.07, 6.45) is 3.17. The molecule has 1 aromatic carbocycles. The third-order valence-electron chi connectivity index (χ3n) is 2.77. The lowest BCUT2D eigenvalue weighted by Crippen LogP contribution is -1.89. The molecule has 1 aliphatic carbocycles. The largest absolute Gasteiger partial charge is 0.192 e. The molecule has 0 saturated carbocycles. The first-order chi connectivity index (χ1) is 7.22. The molecule has 0 heterocycles. The Bertz CT molecular complexity index is 498. The molecule has 15 heavy (non-hydrogen) atoms. The van der Waals surface area contributed by atoms with E-state index in [0.29, 0.717) is 0 Å². The van der Waals surface area contributed by atoms with Crippen LogP contribution >= 0.6 is 0 Å². The van der Waals surface area contributed by atoms with E-state index in [1.807, 2.05) is 24.3 Å². The summed E-state index contributed by atoms with van der Waals surface area (Å²) in [6, 6.07) is 10.1. The smallest absolute Gasteiger partial charge is 0.0998 e. The molecule has 1 aliphatic rings. The predicted molar refractivity (Wildman–Crippen MR) is 62.1 cm³/mol. The lowest BCUT2D eigenvalue weighted by atomic mass is 9.96. The van der Waals surface area contributed by atoms with Crippen molar-refractivity contribution in [1.29, 1.82) is 5.26 Å². The highest BCUT2D eigenvalue weighted by molar-refractivity contribution is 5.78. The van der Waals surface area contributed by atoms with Gasteiger partial charge in [-0.15, -0.1) is 0 Å². The molecule has 1 nitrogen and oxygen atoms in total. The van der Waals surface area contributed by atoms with E-state index >= 15 is 0 Å². The van der Waals surface area contributed by atoms with E-state index < -0.39 is 0 Å². The lowest BCUT2D eigenvalue weighted by Gasteiger charge is -2.06. The molecule has 74 valence electrons. The summed E-state index contributed by atoms with van der Waals surface area (Å²) < 4.78 is 0. The van der Waals surface area contributed by atoms with Crippen LogP contribution in [0.1, 0.15) is 31.4 Å². The zero-order chi connectivity index (χ0) is 10.8. The van der Waals surface area contributed by atoms with Gasteiger partial charge in [0.15, 0.2) is 0 Å². The molecule has 0 aromatic heterocycles. The third-order valence-corrected chi connectivity index (χ3v) is 2.77. The van der Waals surface area contributed by atoms with E-state index in [9.17, 15) is 0 Å². The van der Waals surface area contributed by atoms with E-state index in [1.165, 1.54) is 16.7 Å². The van der Waals surface area contributed by atoms with Crippen LogP contribution in [-0.2, 0) is 0 Å². The molecular formula is C14H13N. The van der Waals surface area contributed by atoms with Crippen molar-refractivity contribution in [2.75, 3.05) is 0 Å². The van der Waals surface area contributed by atoms with Gasteiger partial charge in [0.2, 0.25) is 0 Å². The minimum Gasteiger partial charge on any atom is -0.192 e. The Morgan fingerprint density at radius 3 is 2.53 bits per heavy atom. The van der Waals surface area contributed by atoms with Crippen molar-refractivity contribution in [3.63, 3.8) is 0 Å². The molecule has 0 saturated heterocycles. The third kappa shape index (κ3) is 1.71. The fourth-order valence-electron chi connectivity index (χ4n) is 2.08. The summed E-state index contributed by atoms with van der Waals surface area (Å²) in [6.45, 7) is 4.24. The van der Waals surface area contributed by atoms with Crippen LogP contribution in [0.4, 0.5) is 0 Å². The van der Waals surface area contributed by atoms with Gasteiger partial charge in [0.25, 0.3) is 0 Å². The van der Waals surface area contributed by atoms with Crippen LogP contribution in [0.15, 0.2) is 41.5 Å². The molecule has 0 atom stereocenters. The molecule has 0 amide bonds. The van der Waals surface area contributed by atoms with Crippen molar-refractivity contribution < 1.29 is 0 Å². The summed E-state index contributed by atoms with van der Waals surface area (Å²) >= 11 is 0. The van der Waals surface area contributed by atoms with E-state index in [1.54, 1.807) is 0 Å². The average Bonchev–Trinajstić information content (AvgIpc) is 2.57. The molecule has 0 N–H and O–H groups in total. The van der Waals surface area contributed by atoms with Crippen molar-refractivity contribution in [1.82, 2.24) is 0 Å². The number of nitrogens with zero attached hydrogens (tertiary/aromatic N) is 1. The topological polar surface area (TPSA) is 23.8 Å². The molecular weight excluding hydrogens is 182 g/mol. The summed E-state index contributed by atoms with van der Waals surface area (Å²) in [5.74, 6) is 0. The second kappa shape index (κ2) is 3.74. The van der Waals surface area contributed by atoms with Gasteiger partial charge in [-0.3, -0.25) is 0 Å². The number of nitriles is 1. The van der Waals surface area contributed by atoms with Gasteiger partial charge in [0, 0.05) is 0 Å². The Balaban J connectivity index is 2.50. The number of rotatable bonds is 1. The van der Waals surface area contributed by atoms with E-state index in [2.05, 4.69) is 26.0 Å². The Morgan fingerprint density at radius 2 is 1.93 bits per heavy atom. The maximum Gasteiger partial charge on any atom is 0.0998 e. The van der Waals surface area contributed by atoms with Crippen LogP contribution < -0.4 is 0 Å². The summed E-state index contributed by atoms with van der Waals surface area (Å²) in [4.78, 5) is 0. The van der Waals surface area contributed by atoms with Gasteiger partial charge in [0.05, 0.1) is 11.6 Å². The van der Waals surface area contributed by atoms with Gasteiger partial charge in [-0.05, 0) is 43.0 Å². The quantitative estimate of drug-likeness (QED) is 0.670. The maximum atomic E-state index is 9.04. The minimum absolute atomic E-state index is 0.773. The second-order valence-electron chi connectivity index (χ2n) is 3.99. The van der Waals surface area contributed by atoms with E-state index in [4.69, 9.17) is 5.26 Å². The van der Waals surface area contributed by atoms with E-state index in [-0.39, 0.29) is 0 Å². The summed E-state index contributed by atoms with van der Waals surface area (Å²) in [7, 11) is 0. The first-order valence-electron chi connectivity index (χ1n) is 5.09. The van der Waals surface area contributed by atoms with Crippen LogP contribution in [0.2, 0.25) is 0 Å². The monoisotopic (exact) mass is 195 g/mol. The van der Waals surface area contributed by atoms with Crippen molar-refractivity contribution >= 4 is 5.57 Å². The van der Waals surface area contributed by atoms with Crippen LogP contribution in [0.5, 0.6) is 0 Å². The Kier molecular flexibility index (Phi) is 2.43. The van der Waals surface area contributed by atoms with Gasteiger partial charge in [0.1, 0.15) is 0 Å². The van der Waals surface area contributed by atoms with Crippen molar-refractivity contribution in [2.24, 2.45) is 0 Å². The number of hydrogen-bond acceptors (Lipinski definition) is 1. The maximum absolute atomic E-state index is 9.04. The highest BCUT2D eigenvalue weighted by Crippen LogP contribution is 2.34. The molecule has 1 aromatic rings. The molecule has 0 bridgehead atoms. The summed E-state index contributed by atoms with van der Waals surface area (Å²) in [5.41, 5.74) is 5.82. The zero-order valence-corrected chi connectivity index (χ0v) is 9.04. The average molecular weight is 195 g/mol. The van der Waals surface area contributed by atoms with Crippen LogP contribution in [0, 0.1) is 11.3 Å². The highest BCUT2D eigenvalue weighted by Gasteiger charge is 2.14. The van der Waals surface area contributed by atoms with Gasteiger partial charge in [-0.2, -0.15) is 5.26 Å². The predicted octanol–water partition coefficient (Wildman–Crippen LogP) is 3.68. The molecule has 2 rings (SSSR count). The second-order valence-corrected chi connectivity index (χ2v) is 3.99. The Morgan fingerprint density at radius 1 is 1.20 bits per heavy atom. The Hall–Kier alpha value is -1.81. The van der Waals surface area contributed by atoms with Gasteiger partial charge in [-0.25, -0.2) is 0 Å². The van der Waals surface area contributed by atoms with Crippen molar-refractivity contribution in [3.05, 3.63) is 52.6 Å². The lowest BCUT2D eigenvalue weighted by molar-refractivity contribution is 1.26.